The SMILES string of the molecule is O=CC1CCC(N2CCC(c3ccc4c(c3)-n3c(nc(=O)c5c(Cl)cccc53)C43CCCCC3)C2)CC1. The Morgan fingerprint density at radius 1 is 1.00 bits per heavy atom. The van der Waals surface area contributed by atoms with Crippen molar-refractivity contribution in [1.29, 1.82) is 0 Å². The van der Waals surface area contributed by atoms with Crippen LogP contribution in [0.25, 0.3) is 16.6 Å². The molecule has 3 fully saturated rings. The van der Waals surface area contributed by atoms with Gasteiger partial charge in [0, 0.05) is 18.5 Å². The molecule has 192 valence electrons. The van der Waals surface area contributed by atoms with E-state index in [1.54, 1.807) is 6.07 Å². The lowest BCUT2D eigenvalue weighted by Gasteiger charge is -2.33. The van der Waals surface area contributed by atoms with Crippen molar-refractivity contribution in [2.75, 3.05) is 13.1 Å². The van der Waals surface area contributed by atoms with E-state index < -0.39 is 0 Å². The third-order valence-electron chi connectivity index (χ3n) is 9.92. The standard InChI is InChI=1S/C31H34ClN3O2/c32-25-5-4-6-26-28(25)29(37)33-30-31(14-2-1-3-15-31)24-12-9-21(17-27(24)35(26)30)22-13-16-34(18-22)23-10-7-20(19-36)8-11-23/h4-6,9,12,17,19-20,22-23H,1-3,7-8,10-11,13-16,18H2. The summed E-state index contributed by atoms with van der Waals surface area (Å²) in [5, 5.41) is 0.999. The van der Waals surface area contributed by atoms with E-state index in [1.807, 2.05) is 12.1 Å². The predicted octanol–water partition coefficient (Wildman–Crippen LogP) is 6.15. The van der Waals surface area contributed by atoms with Gasteiger partial charge in [-0.15, -0.1) is 0 Å². The molecule has 2 aliphatic heterocycles. The Hall–Kier alpha value is -2.50. The molecule has 1 unspecified atom stereocenters. The second-order valence-electron chi connectivity index (χ2n) is 11.8. The molecule has 3 aromatic rings. The van der Waals surface area contributed by atoms with Gasteiger partial charge in [-0.05, 0) is 86.7 Å². The third-order valence-corrected chi connectivity index (χ3v) is 10.2. The van der Waals surface area contributed by atoms with Crippen LogP contribution in [0.3, 0.4) is 0 Å². The molecular weight excluding hydrogens is 482 g/mol. The Bertz CT molecular complexity index is 1430. The molecule has 1 atom stereocenters. The molecule has 0 bridgehead atoms. The van der Waals surface area contributed by atoms with E-state index in [4.69, 9.17) is 16.6 Å². The van der Waals surface area contributed by atoms with Gasteiger partial charge in [0.1, 0.15) is 12.1 Å². The maximum atomic E-state index is 13.2. The van der Waals surface area contributed by atoms with Crippen LogP contribution in [0.1, 0.15) is 87.1 Å². The van der Waals surface area contributed by atoms with Gasteiger partial charge in [-0.25, -0.2) is 0 Å². The molecule has 1 saturated heterocycles. The first kappa shape index (κ1) is 23.6. The minimum atomic E-state index is -0.208. The first-order valence-corrected chi connectivity index (χ1v) is 14.5. The van der Waals surface area contributed by atoms with Crippen LogP contribution in [0, 0.1) is 5.92 Å². The van der Waals surface area contributed by atoms with Crippen molar-refractivity contribution >= 4 is 28.8 Å². The van der Waals surface area contributed by atoms with Crippen LogP contribution in [-0.2, 0) is 10.2 Å². The molecule has 0 radical (unpaired) electrons. The number of fused-ring (bicyclic) bond motifs is 7. The van der Waals surface area contributed by atoms with Crippen LogP contribution < -0.4 is 5.56 Å². The number of aromatic nitrogens is 2. The maximum absolute atomic E-state index is 13.2. The summed E-state index contributed by atoms with van der Waals surface area (Å²) >= 11 is 6.53. The van der Waals surface area contributed by atoms with Gasteiger partial charge in [0.2, 0.25) is 0 Å². The van der Waals surface area contributed by atoms with E-state index in [1.165, 1.54) is 29.7 Å². The molecule has 0 amide bonds. The van der Waals surface area contributed by atoms with E-state index in [0.717, 1.165) is 82.1 Å². The molecule has 37 heavy (non-hydrogen) atoms. The fourth-order valence-corrected chi connectivity index (χ4v) is 8.20. The highest BCUT2D eigenvalue weighted by Crippen LogP contribution is 2.52. The number of hydrogen-bond donors (Lipinski definition) is 0. The van der Waals surface area contributed by atoms with E-state index in [-0.39, 0.29) is 16.9 Å². The van der Waals surface area contributed by atoms with Crippen molar-refractivity contribution in [1.82, 2.24) is 14.5 Å². The Morgan fingerprint density at radius 3 is 2.59 bits per heavy atom. The number of nitrogens with zero attached hydrogens (tertiary/aromatic N) is 3. The molecule has 6 heteroatoms. The monoisotopic (exact) mass is 515 g/mol. The third kappa shape index (κ3) is 3.64. The van der Waals surface area contributed by atoms with Crippen LogP contribution in [0.4, 0.5) is 0 Å². The summed E-state index contributed by atoms with van der Waals surface area (Å²) in [6.07, 6.45) is 12.3. The first-order valence-electron chi connectivity index (χ1n) is 14.1. The minimum Gasteiger partial charge on any atom is -0.303 e. The van der Waals surface area contributed by atoms with Gasteiger partial charge in [-0.3, -0.25) is 14.3 Å². The van der Waals surface area contributed by atoms with Crippen LogP contribution in [0.2, 0.25) is 5.02 Å². The summed E-state index contributed by atoms with van der Waals surface area (Å²) in [6, 6.07) is 13.5. The van der Waals surface area contributed by atoms with Crippen LogP contribution >= 0.6 is 11.6 Å². The van der Waals surface area contributed by atoms with Gasteiger partial charge in [0.25, 0.3) is 5.56 Å². The largest absolute Gasteiger partial charge is 0.303 e. The highest BCUT2D eigenvalue weighted by molar-refractivity contribution is 6.35. The Morgan fingerprint density at radius 2 is 1.81 bits per heavy atom. The van der Waals surface area contributed by atoms with E-state index in [0.29, 0.717) is 22.4 Å². The number of hydrogen-bond acceptors (Lipinski definition) is 4. The zero-order chi connectivity index (χ0) is 25.1. The number of likely N-dealkylation sites (tertiary alicyclic amines) is 1. The van der Waals surface area contributed by atoms with Gasteiger partial charge in [0.15, 0.2) is 0 Å². The lowest BCUT2D eigenvalue weighted by Crippen LogP contribution is -2.36. The minimum absolute atomic E-state index is 0.180. The quantitative estimate of drug-likeness (QED) is 0.392. The smallest absolute Gasteiger partial charge is 0.282 e. The summed E-state index contributed by atoms with van der Waals surface area (Å²) < 4.78 is 2.26. The topological polar surface area (TPSA) is 55.2 Å². The van der Waals surface area contributed by atoms with Crippen molar-refractivity contribution in [2.45, 2.75) is 81.6 Å². The zero-order valence-corrected chi connectivity index (χ0v) is 22.1. The summed E-state index contributed by atoms with van der Waals surface area (Å²) in [7, 11) is 0. The Balaban J connectivity index is 1.29. The van der Waals surface area contributed by atoms with Crippen molar-refractivity contribution in [3.05, 3.63) is 68.7 Å². The molecule has 0 N–H and O–H groups in total. The highest BCUT2D eigenvalue weighted by atomic mass is 35.5. The van der Waals surface area contributed by atoms with Crippen molar-refractivity contribution < 1.29 is 4.79 Å². The van der Waals surface area contributed by atoms with Gasteiger partial charge in [-0.2, -0.15) is 4.98 Å². The van der Waals surface area contributed by atoms with Crippen molar-refractivity contribution in [3.8, 4) is 5.69 Å². The summed E-state index contributed by atoms with van der Waals surface area (Å²) in [4.78, 5) is 31.8. The number of halogens is 1. The molecule has 2 aromatic carbocycles. The number of aldehydes is 1. The molecular formula is C31H34ClN3O2. The first-order chi connectivity index (χ1) is 18.1. The fourth-order valence-electron chi connectivity index (χ4n) is 7.95. The van der Waals surface area contributed by atoms with E-state index in [9.17, 15) is 9.59 Å². The summed E-state index contributed by atoms with van der Waals surface area (Å²) in [6.45, 7) is 2.22. The predicted molar refractivity (Wildman–Crippen MR) is 147 cm³/mol. The number of carbonyl (C=O) groups is 1. The normalized spacial score (nSPS) is 26.9. The highest BCUT2D eigenvalue weighted by Gasteiger charge is 2.46. The average molecular weight is 516 g/mol. The Kier molecular flexibility index (Phi) is 5.78. The van der Waals surface area contributed by atoms with Crippen molar-refractivity contribution in [3.63, 3.8) is 0 Å². The fraction of sp³-hybridized carbons (Fsp3) is 0.516. The lowest BCUT2D eigenvalue weighted by molar-refractivity contribution is -0.112. The average Bonchev–Trinajstić information content (AvgIpc) is 3.52. The second kappa shape index (κ2) is 9.06. The van der Waals surface area contributed by atoms with Crippen LogP contribution in [0.15, 0.2) is 41.2 Å². The number of benzene rings is 2. The molecule has 4 aliphatic rings. The molecule has 7 rings (SSSR count). The number of rotatable bonds is 3. The molecule has 3 heterocycles. The molecule has 1 spiro atoms. The van der Waals surface area contributed by atoms with Crippen molar-refractivity contribution in [2.24, 2.45) is 5.92 Å². The summed E-state index contributed by atoms with van der Waals surface area (Å²) in [5.41, 5.74) is 4.40. The Labute approximate surface area is 222 Å². The van der Waals surface area contributed by atoms with Gasteiger partial charge < -0.3 is 4.79 Å². The van der Waals surface area contributed by atoms with E-state index >= 15 is 0 Å². The molecule has 5 nitrogen and oxygen atoms in total. The second-order valence-corrected chi connectivity index (χ2v) is 12.2. The van der Waals surface area contributed by atoms with Gasteiger partial charge >= 0.3 is 0 Å². The van der Waals surface area contributed by atoms with Crippen LogP contribution in [-0.4, -0.2) is 39.9 Å². The lowest BCUT2D eigenvalue weighted by atomic mass is 9.69. The van der Waals surface area contributed by atoms with E-state index in [2.05, 4.69) is 27.7 Å². The molecule has 1 aromatic heterocycles. The maximum Gasteiger partial charge on any atom is 0.282 e. The molecule has 2 aliphatic carbocycles. The zero-order valence-electron chi connectivity index (χ0n) is 21.3. The number of carbonyl (C=O) groups excluding carboxylic acids is 1. The van der Waals surface area contributed by atoms with Gasteiger partial charge in [-0.1, -0.05) is 49.1 Å². The van der Waals surface area contributed by atoms with Crippen LogP contribution in [0.5, 0.6) is 0 Å². The van der Waals surface area contributed by atoms with Gasteiger partial charge in [0.05, 0.1) is 27.0 Å². The summed E-state index contributed by atoms with van der Waals surface area (Å²) in [5.74, 6) is 1.68. The molecule has 2 saturated carbocycles.